The van der Waals surface area contributed by atoms with Crippen LogP contribution in [0.15, 0.2) is 18.5 Å². The number of carbonyl (C=O) groups is 1. The van der Waals surface area contributed by atoms with Crippen LogP contribution < -0.4 is 4.74 Å². The number of aromatic nitrogens is 1. The van der Waals surface area contributed by atoms with Gasteiger partial charge in [0.25, 0.3) is 0 Å². The first kappa shape index (κ1) is 13.0. The summed E-state index contributed by atoms with van der Waals surface area (Å²) in [6.45, 7) is 2.49. The Morgan fingerprint density at radius 1 is 1.39 bits per heavy atom. The molecule has 4 nitrogen and oxygen atoms in total. The van der Waals surface area contributed by atoms with Crippen LogP contribution in [0.2, 0.25) is 0 Å². The standard InChI is InChI=1S/C14H19NO3/c1-3-18-14(6-4-5-7-14)13(16)11-8-12(17-2)10-15-9-11/h8-10H,3-7H2,1-2H3. The van der Waals surface area contributed by atoms with Crippen molar-refractivity contribution in [2.45, 2.75) is 38.2 Å². The molecular formula is C14H19NO3. The Balaban J connectivity index is 2.27. The van der Waals surface area contributed by atoms with E-state index in [1.165, 1.54) is 0 Å². The number of pyridine rings is 1. The van der Waals surface area contributed by atoms with Crippen LogP contribution in [0, 0.1) is 0 Å². The summed E-state index contributed by atoms with van der Waals surface area (Å²) >= 11 is 0. The van der Waals surface area contributed by atoms with Gasteiger partial charge in [-0.05, 0) is 38.7 Å². The fourth-order valence-electron chi connectivity index (χ4n) is 2.58. The Labute approximate surface area is 107 Å². The molecule has 18 heavy (non-hydrogen) atoms. The predicted octanol–water partition coefficient (Wildman–Crippen LogP) is 2.62. The van der Waals surface area contributed by atoms with Gasteiger partial charge in [-0.25, -0.2) is 0 Å². The maximum Gasteiger partial charge on any atom is 0.196 e. The van der Waals surface area contributed by atoms with Gasteiger partial charge in [-0.3, -0.25) is 9.78 Å². The molecule has 0 aromatic carbocycles. The van der Waals surface area contributed by atoms with Gasteiger partial charge in [-0.15, -0.1) is 0 Å². The van der Waals surface area contributed by atoms with Crippen molar-refractivity contribution in [3.63, 3.8) is 0 Å². The molecule has 0 aliphatic heterocycles. The van der Waals surface area contributed by atoms with Crippen molar-refractivity contribution in [1.29, 1.82) is 0 Å². The lowest BCUT2D eigenvalue weighted by Crippen LogP contribution is -2.39. The quantitative estimate of drug-likeness (QED) is 0.753. The van der Waals surface area contributed by atoms with Gasteiger partial charge in [0.1, 0.15) is 11.4 Å². The van der Waals surface area contributed by atoms with E-state index in [-0.39, 0.29) is 5.78 Å². The lowest BCUT2D eigenvalue weighted by molar-refractivity contribution is -0.0164. The summed E-state index contributed by atoms with van der Waals surface area (Å²) in [4.78, 5) is 16.6. The lowest BCUT2D eigenvalue weighted by Gasteiger charge is -2.27. The zero-order valence-electron chi connectivity index (χ0n) is 10.9. The molecule has 98 valence electrons. The van der Waals surface area contributed by atoms with Crippen molar-refractivity contribution in [2.24, 2.45) is 0 Å². The van der Waals surface area contributed by atoms with Gasteiger partial charge >= 0.3 is 0 Å². The summed E-state index contributed by atoms with van der Waals surface area (Å²) in [6.07, 6.45) is 6.88. The number of carbonyl (C=O) groups excluding carboxylic acids is 1. The number of ether oxygens (including phenoxy) is 2. The van der Waals surface area contributed by atoms with Gasteiger partial charge in [0.2, 0.25) is 0 Å². The molecule has 0 saturated heterocycles. The van der Waals surface area contributed by atoms with Crippen molar-refractivity contribution in [3.8, 4) is 5.75 Å². The topological polar surface area (TPSA) is 48.4 Å². The fourth-order valence-corrected chi connectivity index (χ4v) is 2.58. The molecule has 0 atom stereocenters. The summed E-state index contributed by atoms with van der Waals surface area (Å²) in [5.74, 6) is 0.638. The zero-order chi connectivity index (χ0) is 13.0. The van der Waals surface area contributed by atoms with Gasteiger partial charge in [-0.1, -0.05) is 0 Å². The number of hydrogen-bond acceptors (Lipinski definition) is 4. The second kappa shape index (κ2) is 5.48. The predicted molar refractivity (Wildman–Crippen MR) is 67.9 cm³/mol. The molecule has 0 N–H and O–H groups in total. The Morgan fingerprint density at radius 3 is 2.72 bits per heavy atom. The number of Topliss-reactive ketones (excluding diaryl/α,β-unsaturated/α-hetero) is 1. The molecule has 1 aliphatic carbocycles. The van der Waals surface area contributed by atoms with E-state index in [0.717, 1.165) is 25.7 Å². The summed E-state index contributed by atoms with van der Waals surface area (Å²) in [7, 11) is 1.57. The Bertz CT molecular complexity index is 425. The molecule has 0 bridgehead atoms. The van der Waals surface area contributed by atoms with Crippen LogP contribution in [0.1, 0.15) is 43.0 Å². The highest BCUT2D eigenvalue weighted by Gasteiger charge is 2.42. The number of hydrogen-bond donors (Lipinski definition) is 0. The smallest absolute Gasteiger partial charge is 0.196 e. The van der Waals surface area contributed by atoms with Gasteiger partial charge in [-0.2, -0.15) is 0 Å². The second-order valence-electron chi connectivity index (χ2n) is 4.58. The van der Waals surface area contributed by atoms with Crippen LogP contribution in [0.25, 0.3) is 0 Å². The average molecular weight is 249 g/mol. The van der Waals surface area contributed by atoms with E-state index in [1.807, 2.05) is 6.92 Å². The highest BCUT2D eigenvalue weighted by atomic mass is 16.5. The average Bonchev–Trinajstić information content (AvgIpc) is 2.88. The van der Waals surface area contributed by atoms with Gasteiger partial charge in [0, 0.05) is 18.4 Å². The first-order valence-corrected chi connectivity index (χ1v) is 6.39. The van der Waals surface area contributed by atoms with E-state index >= 15 is 0 Å². The van der Waals surface area contributed by atoms with Crippen molar-refractivity contribution in [2.75, 3.05) is 13.7 Å². The molecule has 2 rings (SSSR count). The fraction of sp³-hybridized carbons (Fsp3) is 0.571. The molecule has 1 heterocycles. The van der Waals surface area contributed by atoms with Gasteiger partial charge in [0.15, 0.2) is 5.78 Å². The maximum absolute atomic E-state index is 12.6. The first-order valence-electron chi connectivity index (χ1n) is 6.39. The van der Waals surface area contributed by atoms with Crippen molar-refractivity contribution in [1.82, 2.24) is 4.98 Å². The van der Waals surface area contributed by atoms with Crippen LogP contribution >= 0.6 is 0 Å². The van der Waals surface area contributed by atoms with Crippen molar-refractivity contribution < 1.29 is 14.3 Å². The first-order chi connectivity index (χ1) is 8.72. The molecule has 0 spiro atoms. The maximum atomic E-state index is 12.6. The number of ketones is 1. The van der Waals surface area contributed by atoms with Crippen LogP contribution in [0.5, 0.6) is 5.75 Å². The minimum absolute atomic E-state index is 0.0354. The Morgan fingerprint density at radius 2 is 2.11 bits per heavy atom. The molecule has 0 radical (unpaired) electrons. The third kappa shape index (κ3) is 2.38. The van der Waals surface area contributed by atoms with E-state index < -0.39 is 5.60 Å². The van der Waals surface area contributed by atoms with E-state index in [9.17, 15) is 4.79 Å². The largest absolute Gasteiger partial charge is 0.495 e. The second-order valence-corrected chi connectivity index (χ2v) is 4.58. The van der Waals surface area contributed by atoms with Gasteiger partial charge < -0.3 is 9.47 Å². The van der Waals surface area contributed by atoms with E-state index in [1.54, 1.807) is 25.6 Å². The molecule has 4 heteroatoms. The van der Waals surface area contributed by atoms with Crippen LogP contribution in [0.3, 0.4) is 0 Å². The molecule has 1 aromatic heterocycles. The molecule has 0 unspecified atom stereocenters. The third-order valence-electron chi connectivity index (χ3n) is 3.46. The van der Waals surface area contributed by atoms with Crippen LogP contribution in [-0.2, 0) is 4.74 Å². The zero-order valence-corrected chi connectivity index (χ0v) is 10.9. The SMILES string of the molecule is CCOC1(C(=O)c2cncc(OC)c2)CCCC1. The number of methoxy groups -OCH3 is 1. The van der Waals surface area contributed by atoms with Crippen LogP contribution in [-0.4, -0.2) is 30.1 Å². The highest BCUT2D eigenvalue weighted by molar-refractivity contribution is 6.02. The van der Waals surface area contributed by atoms with E-state index in [4.69, 9.17) is 9.47 Å². The number of nitrogens with zero attached hydrogens (tertiary/aromatic N) is 1. The minimum atomic E-state index is -0.636. The van der Waals surface area contributed by atoms with Crippen molar-refractivity contribution >= 4 is 5.78 Å². The minimum Gasteiger partial charge on any atom is -0.495 e. The molecule has 1 aromatic rings. The normalized spacial score (nSPS) is 17.7. The Hall–Kier alpha value is -1.42. The molecule has 1 saturated carbocycles. The summed E-state index contributed by atoms with van der Waals surface area (Å²) in [5, 5.41) is 0. The summed E-state index contributed by atoms with van der Waals surface area (Å²) < 4.78 is 10.9. The van der Waals surface area contributed by atoms with Crippen LogP contribution in [0.4, 0.5) is 0 Å². The third-order valence-corrected chi connectivity index (χ3v) is 3.46. The molecule has 0 amide bonds. The lowest BCUT2D eigenvalue weighted by atomic mass is 9.91. The van der Waals surface area contributed by atoms with E-state index in [2.05, 4.69) is 4.98 Å². The molecular weight excluding hydrogens is 230 g/mol. The Kier molecular flexibility index (Phi) is 3.97. The summed E-state index contributed by atoms with van der Waals surface area (Å²) in [5.41, 5.74) is -0.0623. The van der Waals surface area contributed by atoms with E-state index in [0.29, 0.717) is 17.9 Å². The van der Waals surface area contributed by atoms with Gasteiger partial charge in [0.05, 0.1) is 13.3 Å². The monoisotopic (exact) mass is 249 g/mol. The highest BCUT2D eigenvalue weighted by Crippen LogP contribution is 2.36. The number of rotatable bonds is 5. The summed E-state index contributed by atoms with van der Waals surface area (Å²) in [6, 6.07) is 1.73. The molecule has 1 aliphatic rings. The molecule has 1 fully saturated rings. The van der Waals surface area contributed by atoms with Crippen molar-refractivity contribution in [3.05, 3.63) is 24.0 Å².